The van der Waals surface area contributed by atoms with Gasteiger partial charge in [0.15, 0.2) is 0 Å². The Morgan fingerprint density at radius 1 is 1.43 bits per heavy atom. The summed E-state index contributed by atoms with van der Waals surface area (Å²) in [6.07, 6.45) is 0. The van der Waals surface area contributed by atoms with Crippen molar-refractivity contribution in [1.82, 2.24) is 10.2 Å². The van der Waals surface area contributed by atoms with Crippen molar-refractivity contribution in [3.8, 4) is 0 Å². The summed E-state index contributed by atoms with van der Waals surface area (Å²) in [7, 11) is 0. The number of aromatic amines is 1. The Hall–Kier alpha value is -0.900. The SMILES string of the molecule is CC(C)(F)c1[nH]nc2cccc(Br)c12. The molecule has 74 valence electrons. The fraction of sp³-hybridized carbons (Fsp3) is 0.300. The molecule has 0 aliphatic carbocycles. The van der Waals surface area contributed by atoms with E-state index in [1.807, 2.05) is 18.2 Å². The number of hydrogen-bond donors (Lipinski definition) is 1. The highest BCUT2D eigenvalue weighted by molar-refractivity contribution is 9.10. The van der Waals surface area contributed by atoms with Gasteiger partial charge in [-0.15, -0.1) is 0 Å². The van der Waals surface area contributed by atoms with E-state index in [1.165, 1.54) is 13.8 Å². The fourth-order valence-corrected chi connectivity index (χ4v) is 2.01. The summed E-state index contributed by atoms with van der Waals surface area (Å²) in [5.74, 6) is 0. The maximum Gasteiger partial charge on any atom is 0.147 e. The summed E-state index contributed by atoms with van der Waals surface area (Å²) in [5.41, 5.74) is -0.112. The third kappa shape index (κ3) is 1.43. The van der Waals surface area contributed by atoms with Gasteiger partial charge in [0.2, 0.25) is 0 Å². The molecule has 4 heteroatoms. The fourth-order valence-electron chi connectivity index (χ4n) is 1.46. The van der Waals surface area contributed by atoms with Gasteiger partial charge in [0.1, 0.15) is 5.67 Å². The van der Waals surface area contributed by atoms with Crippen LogP contribution in [-0.4, -0.2) is 10.2 Å². The summed E-state index contributed by atoms with van der Waals surface area (Å²) in [4.78, 5) is 0. The van der Waals surface area contributed by atoms with Crippen LogP contribution >= 0.6 is 15.9 Å². The molecule has 0 saturated carbocycles. The molecule has 0 aliphatic rings. The van der Waals surface area contributed by atoms with Crippen molar-refractivity contribution in [2.45, 2.75) is 19.5 Å². The summed E-state index contributed by atoms with van der Waals surface area (Å²) in [6.45, 7) is 3.03. The van der Waals surface area contributed by atoms with Crippen LogP contribution in [0.2, 0.25) is 0 Å². The Bertz CT molecular complexity index is 470. The summed E-state index contributed by atoms with van der Waals surface area (Å²) in [6, 6.07) is 5.61. The topological polar surface area (TPSA) is 28.7 Å². The molecule has 0 aliphatic heterocycles. The maximum absolute atomic E-state index is 13.8. The Balaban J connectivity index is 2.80. The normalized spacial score (nSPS) is 12.3. The van der Waals surface area contributed by atoms with Crippen LogP contribution in [-0.2, 0) is 5.67 Å². The number of aromatic nitrogens is 2. The quantitative estimate of drug-likeness (QED) is 0.831. The monoisotopic (exact) mass is 256 g/mol. The second kappa shape index (κ2) is 3.05. The van der Waals surface area contributed by atoms with Crippen LogP contribution in [0, 0.1) is 0 Å². The Kier molecular flexibility index (Phi) is 2.10. The number of halogens is 2. The van der Waals surface area contributed by atoms with Gasteiger partial charge in [-0.2, -0.15) is 5.10 Å². The minimum atomic E-state index is -1.40. The van der Waals surface area contributed by atoms with Crippen LogP contribution in [0.4, 0.5) is 4.39 Å². The zero-order chi connectivity index (χ0) is 10.3. The molecule has 1 aromatic carbocycles. The molecular formula is C10H10BrFN2. The van der Waals surface area contributed by atoms with E-state index in [9.17, 15) is 4.39 Å². The number of nitrogens with one attached hydrogen (secondary N) is 1. The van der Waals surface area contributed by atoms with E-state index in [-0.39, 0.29) is 0 Å². The van der Waals surface area contributed by atoms with Crippen molar-refractivity contribution in [2.75, 3.05) is 0 Å². The number of hydrogen-bond acceptors (Lipinski definition) is 1. The van der Waals surface area contributed by atoms with E-state index in [0.29, 0.717) is 5.69 Å². The first kappa shape index (κ1) is 9.65. The lowest BCUT2D eigenvalue weighted by Crippen LogP contribution is -2.10. The maximum atomic E-state index is 13.8. The highest BCUT2D eigenvalue weighted by atomic mass is 79.9. The van der Waals surface area contributed by atoms with Crippen molar-refractivity contribution in [1.29, 1.82) is 0 Å². The molecule has 1 aromatic heterocycles. The standard InChI is InChI=1S/C10H10BrFN2/c1-10(2,12)9-8-6(11)4-3-5-7(8)13-14-9/h3-5H,1-2H3,(H,13,14). The Labute approximate surface area is 89.6 Å². The predicted molar refractivity (Wildman–Crippen MR) is 57.9 cm³/mol. The molecule has 1 N–H and O–H groups in total. The number of alkyl halides is 1. The zero-order valence-electron chi connectivity index (χ0n) is 7.94. The minimum Gasteiger partial charge on any atom is -0.278 e. The second-order valence-electron chi connectivity index (χ2n) is 3.71. The van der Waals surface area contributed by atoms with Gasteiger partial charge < -0.3 is 0 Å². The van der Waals surface area contributed by atoms with Crippen molar-refractivity contribution < 1.29 is 4.39 Å². The molecule has 0 spiro atoms. The van der Waals surface area contributed by atoms with Crippen LogP contribution in [0.15, 0.2) is 22.7 Å². The molecule has 2 rings (SSSR count). The van der Waals surface area contributed by atoms with Crippen LogP contribution < -0.4 is 0 Å². The Morgan fingerprint density at radius 3 is 2.79 bits per heavy atom. The number of fused-ring (bicyclic) bond motifs is 1. The predicted octanol–water partition coefficient (Wildman–Crippen LogP) is 3.53. The highest BCUT2D eigenvalue weighted by Crippen LogP contribution is 2.33. The minimum absolute atomic E-state index is 0.514. The van der Waals surface area contributed by atoms with E-state index in [4.69, 9.17) is 0 Å². The third-order valence-corrected chi connectivity index (χ3v) is 2.79. The molecule has 0 unspecified atom stereocenters. The van der Waals surface area contributed by atoms with Crippen LogP contribution in [0.25, 0.3) is 10.9 Å². The molecule has 0 saturated heterocycles. The molecular weight excluding hydrogens is 247 g/mol. The molecule has 14 heavy (non-hydrogen) atoms. The zero-order valence-corrected chi connectivity index (χ0v) is 9.52. The summed E-state index contributed by atoms with van der Waals surface area (Å²) in [5, 5.41) is 7.61. The van der Waals surface area contributed by atoms with Crippen LogP contribution in [0.1, 0.15) is 19.5 Å². The molecule has 1 heterocycles. The first-order valence-electron chi connectivity index (χ1n) is 4.32. The molecule has 0 radical (unpaired) electrons. The van der Waals surface area contributed by atoms with Gasteiger partial charge in [-0.05, 0) is 26.0 Å². The molecule has 0 fully saturated rings. The van der Waals surface area contributed by atoms with Gasteiger partial charge in [-0.3, -0.25) is 5.10 Å². The average molecular weight is 257 g/mol. The first-order chi connectivity index (χ1) is 6.50. The van der Waals surface area contributed by atoms with Crippen LogP contribution in [0.3, 0.4) is 0 Å². The number of nitrogens with zero attached hydrogens (tertiary/aromatic N) is 1. The van der Waals surface area contributed by atoms with Gasteiger partial charge in [0.25, 0.3) is 0 Å². The lowest BCUT2D eigenvalue weighted by atomic mass is 10.0. The van der Waals surface area contributed by atoms with Gasteiger partial charge in [0.05, 0.1) is 11.2 Å². The molecule has 0 atom stereocenters. The van der Waals surface area contributed by atoms with Crippen molar-refractivity contribution >= 4 is 26.8 Å². The number of benzene rings is 1. The van der Waals surface area contributed by atoms with Crippen molar-refractivity contribution in [3.63, 3.8) is 0 Å². The second-order valence-corrected chi connectivity index (χ2v) is 4.56. The molecule has 2 nitrogen and oxygen atoms in total. The molecule has 0 amide bonds. The average Bonchev–Trinajstić information content (AvgIpc) is 2.47. The number of rotatable bonds is 1. The van der Waals surface area contributed by atoms with Crippen molar-refractivity contribution in [2.24, 2.45) is 0 Å². The summed E-state index contributed by atoms with van der Waals surface area (Å²) >= 11 is 3.39. The lowest BCUT2D eigenvalue weighted by molar-refractivity contribution is 0.216. The molecule has 0 bridgehead atoms. The van der Waals surface area contributed by atoms with Gasteiger partial charge in [0, 0.05) is 9.86 Å². The van der Waals surface area contributed by atoms with E-state index in [0.717, 1.165) is 15.4 Å². The summed E-state index contributed by atoms with van der Waals surface area (Å²) < 4.78 is 14.6. The van der Waals surface area contributed by atoms with Gasteiger partial charge in [-0.1, -0.05) is 22.0 Å². The van der Waals surface area contributed by atoms with Gasteiger partial charge in [-0.25, -0.2) is 4.39 Å². The molecule has 2 aromatic rings. The van der Waals surface area contributed by atoms with Gasteiger partial charge >= 0.3 is 0 Å². The Morgan fingerprint density at radius 2 is 2.14 bits per heavy atom. The first-order valence-corrected chi connectivity index (χ1v) is 5.11. The largest absolute Gasteiger partial charge is 0.278 e. The van der Waals surface area contributed by atoms with E-state index in [2.05, 4.69) is 26.1 Å². The van der Waals surface area contributed by atoms with Crippen molar-refractivity contribution in [3.05, 3.63) is 28.4 Å². The van der Waals surface area contributed by atoms with E-state index < -0.39 is 5.67 Å². The third-order valence-electron chi connectivity index (χ3n) is 2.12. The highest BCUT2D eigenvalue weighted by Gasteiger charge is 2.25. The lowest BCUT2D eigenvalue weighted by Gasteiger charge is -2.12. The van der Waals surface area contributed by atoms with Crippen LogP contribution in [0.5, 0.6) is 0 Å². The number of H-pyrrole nitrogens is 1. The van der Waals surface area contributed by atoms with E-state index in [1.54, 1.807) is 0 Å². The van der Waals surface area contributed by atoms with E-state index >= 15 is 0 Å². The smallest absolute Gasteiger partial charge is 0.147 e.